The molecule has 0 aromatic heterocycles. The standard InChI is InChI=1S/C15H17NO5S/c1-8(2)16-14(18)12(22-15(16)19)7-9-5-10(20-3)13(17)11(6-9)21-4/h5-8,17H,1-4H3. The second-order valence-electron chi connectivity index (χ2n) is 4.92. The van der Waals surface area contributed by atoms with Crippen molar-refractivity contribution in [2.24, 2.45) is 0 Å². The number of ether oxygens (including phenoxy) is 2. The Hall–Kier alpha value is -2.15. The van der Waals surface area contributed by atoms with Gasteiger partial charge in [-0.3, -0.25) is 14.5 Å². The number of hydrogen-bond acceptors (Lipinski definition) is 6. The Balaban J connectivity index is 2.42. The highest BCUT2D eigenvalue weighted by Crippen LogP contribution is 2.39. The van der Waals surface area contributed by atoms with Crippen LogP contribution in [-0.4, -0.2) is 41.4 Å². The van der Waals surface area contributed by atoms with Crippen LogP contribution < -0.4 is 9.47 Å². The molecule has 0 atom stereocenters. The summed E-state index contributed by atoms with van der Waals surface area (Å²) in [6.07, 6.45) is 1.58. The molecule has 1 heterocycles. The number of nitrogens with zero attached hydrogens (tertiary/aromatic N) is 1. The van der Waals surface area contributed by atoms with Crippen LogP contribution in [0.1, 0.15) is 19.4 Å². The van der Waals surface area contributed by atoms with Crippen LogP contribution in [0.4, 0.5) is 4.79 Å². The Labute approximate surface area is 132 Å². The van der Waals surface area contributed by atoms with Gasteiger partial charge in [-0.2, -0.15) is 0 Å². The Morgan fingerprint density at radius 2 is 1.73 bits per heavy atom. The summed E-state index contributed by atoms with van der Waals surface area (Å²) in [6.45, 7) is 3.57. The first-order valence-electron chi connectivity index (χ1n) is 6.61. The zero-order chi connectivity index (χ0) is 16.4. The number of benzene rings is 1. The zero-order valence-corrected chi connectivity index (χ0v) is 13.6. The third-order valence-electron chi connectivity index (χ3n) is 3.14. The Bertz CT molecular complexity index is 628. The first-order valence-corrected chi connectivity index (χ1v) is 7.42. The second-order valence-corrected chi connectivity index (χ2v) is 5.91. The maximum Gasteiger partial charge on any atom is 0.293 e. The van der Waals surface area contributed by atoms with Crippen molar-refractivity contribution in [3.05, 3.63) is 22.6 Å². The highest BCUT2D eigenvalue weighted by atomic mass is 32.2. The minimum absolute atomic E-state index is 0.113. The SMILES string of the molecule is COc1cc(C=C2SC(=O)N(C(C)C)C2=O)cc(OC)c1O. The van der Waals surface area contributed by atoms with Gasteiger partial charge in [-0.15, -0.1) is 0 Å². The lowest BCUT2D eigenvalue weighted by molar-refractivity contribution is -0.123. The van der Waals surface area contributed by atoms with Gasteiger partial charge in [0.25, 0.3) is 11.1 Å². The summed E-state index contributed by atoms with van der Waals surface area (Å²) in [5, 5.41) is 9.59. The van der Waals surface area contributed by atoms with E-state index in [2.05, 4.69) is 0 Å². The molecule has 0 radical (unpaired) electrons. The summed E-state index contributed by atoms with van der Waals surface area (Å²) in [5.74, 6) is 0.0239. The molecule has 1 aliphatic rings. The lowest BCUT2D eigenvalue weighted by Crippen LogP contribution is -2.34. The van der Waals surface area contributed by atoms with Crippen LogP contribution in [0.5, 0.6) is 17.2 Å². The lowest BCUT2D eigenvalue weighted by Gasteiger charge is -2.16. The molecule has 1 aliphatic heterocycles. The van der Waals surface area contributed by atoms with Gasteiger partial charge < -0.3 is 14.6 Å². The molecule has 0 aliphatic carbocycles. The molecule has 1 N–H and O–H groups in total. The van der Waals surface area contributed by atoms with Crippen molar-refractivity contribution in [2.75, 3.05) is 14.2 Å². The average molecular weight is 323 g/mol. The molecule has 1 saturated heterocycles. The molecule has 6 nitrogen and oxygen atoms in total. The number of imide groups is 1. The Morgan fingerprint density at radius 3 is 2.14 bits per heavy atom. The van der Waals surface area contributed by atoms with Gasteiger partial charge >= 0.3 is 0 Å². The predicted octanol–water partition coefficient (Wildman–Crippen LogP) is 2.85. The molecule has 1 fully saturated rings. The highest BCUT2D eigenvalue weighted by Gasteiger charge is 2.36. The lowest BCUT2D eigenvalue weighted by atomic mass is 10.1. The number of thioether (sulfide) groups is 1. The number of phenols is 1. The van der Waals surface area contributed by atoms with Gasteiger partial charge in [-0.25, -0.2) is 0 Å². The van der Waals surface area contributed by atoms with Crippen molar-refractivity contribution in [2.45, 2.75) is 19.9 Å². The molecule has 1 aromatic rings. The van der Waals surface area contributed by atoms with E-state index in [1.165, 1.54) is 19.1 Å². The number of amides is 2. The third kappa shape index (κ3) is 2.89. The molecular formula is C15H17NO5S. The van der Waals surface area contributed by atoms with Gasteiger partial charge in [-0.05, 0) is 49.4 Å². The van der Waals surface area contributed by atoms with E-state index >= 15 is 0 Å². The van der Waals surface area contributed by atoms with Crippen LogP contribution in [-0.2, 0) is 4.79 Å². The fraction of sp³-hybridized carbons (Fsp3) is 0.333. The van der Waals surface area contributed by atoms with E-state index in [0.717, 1.165) is 11.8 Å². The molecular weight excluding hydrogens is 306 g/mol. The molecule has 0 spiro atoms. The topological polar surface area (TPSA) is 76.1 Å². The van der Waals surface area contributed by atoms with E-state index < -0.39 is 0 Å². The van der Waals surface area contributed by atoms with Crippen LogP contribution in [0.3, 0.4) is 0 Å². The Kier molecular flexibility index (Phi) is 4.65. The fourth-order valence-electron chi connectivity index (χ4n) is 2.07. The summed E-state index contributed by atoms with van der Waals surface area (Å²) in [5.41, 5.74) is 0.598. The quantitative estimate of drug-likeness (QED) is 0.859. The number of methoxy groups -OCH3 is 2. The zero-order valence-electron chi connectivity index (χ0n) is 12.7. The number of phenolic OH excluding ortho intramolecular Hbond substituents is 1. The van der Waals surface area contributed by atoms with Gasteiger partial charge in [0.05, 0.1) is 19.1 Å². The molecule has 7 heteroatoms. The summed E-state index contributed by atoms with van der Waals surface area (Å²) in [6, 6.07) is 2.95. The first kappa shape index (κ1) is 16.2. The molecule has 0 unspecified atom stereocenters. The van der Waals surface area contributed by atoms with Crippen LogP contribution >= 0.6 is 11.8 Å². The normalized spacial score (nSPS) is 16.8. The van der Waals surface area contributed by atoms with Gasteiger partial charge in [-0.1, -0.05) is 0 Å². The van der Waals surface area contributed by atoms with Crippen molar-refractivity contribution in [3.63, 3.8) is 0 Å². The smallest absolute Gasteiger partial charge is 0.293 e. The monoisotopic (exact) mass is 323 g/mol. The molecule has 118 valence electrons. The average Bonchev–Trinajstić information content (AvgIpc) is 2.74. The minimum Gasteiger partial charge on any atom is -0.502 e. The number of carbonyl (C=O) groups is 2. The van der Waals surface area contributed by atoms with Gasteiger partial charge in [0.1, 0.15) is 0 Å². The number of rotatable bonds is 4. The molecule has 0 saturated carbocycles. The predicted molar refractivity (Wildman–Crippen MR) is 84.2 cm³/mol. The van der Waals surface area contributed by atoms with Crippen molar-refractivity contribution < 1.29 is 24.2 Å². The molecule has 2 rings (SSSR count). The number of hydrogen-bond donors (Lipinski definition) is 1. The van der Waals surface area contributed by atoms with Crippen LogP contribution in [0, 0.1) is 0 Å². The maximum atomic E-state index is 12.2. The largest absolute Gasteiger partial charge is 0.502 e. The van der Waals surface area contributed by atoms with E-state index in [1.54, 1.807) is 32.1 Å². The minimum atomic E-state index is -0.323. The van der Waals surface area contributed by atoms with E-state index in [-0.39, 0.29) is 34.4 Å². The Morgan fingerprint density at radius 1 is 1.18 bits per heavy atom. The van der Waals surface area contributed by atoms with E-state index in [1.807, 2.05) is 0 Å². The van der Waals surface area contributed by atoms with Crippen molar-refractivity contribution in [1.82, 2.24) is 4.90 Å². The van der Waals surface area contributed by atoms with Crippen LogP contribution in [0.15, 0.2) is 17.0 Å². The van der Waals surface area contributed by atoms with Crippen LogP contribution in [0.2, 0.25) is 0 Å². The van der Waals surface area contributed by atoms with E-state index in [4.69, 9.17) is 9.47 Å². The molecule has 2 amide bonds. The molecule has 22 heavy (non-hydrogen) atoms. The number of aromatic hydroxyl groups is 1. The summed E-state index contributed by atoms with van der Waals surface area (Å²) in [7, 11) is 2.84. The van der Waals surface area contributed by atoms with Gasteiger partial charge in [0, 0.05) is 6.04 Å². The van der Waals surface area contributed by atoms with Gasteiger partial charge in [0.2, 0.25) is 5.75 Å². The van der Waals surface area contributed by atoms with Crippen molar-refractivity contribution >= 4 is 29.0 Å². The van der Waals surface area contributed by atoms with E-state index in [9.17, 15) is 14.7 Å². The summed E-state index contributed by atoms with van der Waals surface area (Å²) in [4.78, 5) is 25.6. The first-order chi connectivity index (χ1) is 10.4. The second kappa shape index (κ2) is 6.31. The molecule has 0 bridgehead atoms. The highest BCUT2D eigenvalue weighted by molar-refractivity contribution is 8.18. The van der Waals surface area contributed by atoms with E-state index in [0.29, 0.717) is 10.5 Å². The van der Waals surface area contributed by atoms with Crippen molar-refractivity contribution in [3.8, 4) is 17.2 Å². The van der Waals surface area contributed by atoms with Crippen molar-refractivity contribution in [1.29, 1.82) is 0 Å². The third-order valence-corrected chi connectivity index (χ3v) is 4.02. The molecule has 1 aromatic carbocycles. The fourth-order valence-corrected chi connectivity index (χ4v) is 3.03. The van der Waals surface area contributed by atoms with Crippen LogP contribution in [0.25, 0.3) is 6.08 Å². The van der Waals surface area contributed by atoms with Gasteiger partial charge in [0.15, 0.2) is 11.5 Å². The summed E-state index contributed by atoms with van der Waals surface area (Å²) < 4.78 is 10.1. The number of carbonyl (C=O) groups excluding carboxylic acids is 2. The summed E-state index contributed by atoms with van der Waals surface area (Å²) >= 11 is 0.890. The maximum absolute atomic E-state index is 12.2.